The Morgan fingerprint density at radius 1 is 1.67 bits per heavy atom. The second-order valence-electron chi connectivity index (χ2n) is 4.00. The molecule has 1 aromatic heterocycles. The fourth-order valence-electron chi connectivity index (χ4n) is 1.78. The van der Waals surface area contributed by atoms with Crippen molar-refractivity contribution in [2.75, 3.05) is 13.2 Å². The maximum absolute atomic E-state index is 11.1. The molecule has 0 amide bonds. The molecule has 2 heterocycles. The lowest BCUT2D eigenvalue weighted by molar-refractivity contribution is -0.136. The van der Waals surface area contributed by atoms with E-state index in [1.165, 1.54) is 0 Å². The van der Waals surface area contributed by atoms with Crippen LogP contribution in [0.1, 0.15) is 38.0 Å². The zero-order chi connectivity index (χ0) is 12.8. The van der Waals surface area contributed by atoms with Crippen molar-refractivity contribution in [1.29, 1.82) is 0 Å². The van der Waals surface area contributed by atoms with Gasteiger partial charge in [0.15, 0.2) is 0 Å². The Hall–Kier alpha value is -1.80. The summed E-state index contributed by atoms with van der Waals surface area (Å²) in [4.78, 5) is 11.1. The van der Waals surface area contributed by atoms with E-state index in [1.807, 2.05) is 0 Å². The molecule has 96 valence electrons. The van der Waals surface area contributed by atoms with E-state index >= 15 is 0 Å². The minimum absolute atomic E-state index is 0.00288. The van der Waals surface area contributed by atoms with Crippen LogP contribution in [0, 0.1) is 11.8 Å². The van der Waals surface area contributed by atoms with Crippen molar-refractivity contribution in [2.24, 2.45) is 0 Å². The van der Waals surface area contributed by atoms with Gasteiger partial charge in [0, 0.05) is 18.7 Å². The summed E-state index contributed by atoms with van der Waals surface area (Å²) in [6.07, 6.45) is 6.64. The van der Waals surface area contributed by atoms with E-state index in [0.29, 0.717) is 12.2 Å². The van der Waals surface area contributed by atoms with Crippen LogP contribution < -0.4 is 0 Å². The van der Waals surface area contributed by atoms with Gasteiger partial charge in [-0.25, -0.2) is 9.48 Å². The lowest BCUT2D eigenvalue weighted by Crippen LogP contribution is -2.18. The Morgan fingerprint density at radius 3 is 3.28 bits per heavy atom. The van der Waals surface area contributed by atoms with E-state index in [1.54, 1.807) is 24.0 Å². The number of carbonyl (C=O) groups excluding carboxylic acids is 1. The highest BCUT2D eigenvalue weighted by molar-refractivity contribution is 5.89. The number of hydrogen-bond acceptors (Lipinski definition) is 4. The van der Waals surface area contributed by atoms with Crippen molar-refractivity contribution in [1.82, 2.24) is 9.78 Å². The minimum Gasteiger partial charge on any atom is -0.456 e. The molecule has 1 aromatic rings. The summed E-state index contributed by atoms with van der Waals surface area (Å²) in [5, 5.41) is 4.20. The van der Waals surface area contributed by atoms with Gasteiger partial charge >= 0.3 is 5.97 Å². The first-order chi connectivity index (χ1) is 8.79. The average molecular weight is 248 g/mol. The van der Waals surface area contributed by atoms with E-state index in [4.69, 9.17) is 9.47 Å². The fraction of sp³-hybridized carbons (Fsp3) is 0.538. The maximum atomic E-state index is 11.1. The smallest absolute Gasteiger partial charge is 0.384 e. The molecule has 0 radical (unpaired) electrons. The standard InChI is InChI=1S/C13H16N2O3/c1-2-17-13(16)7-6-11-9-14-15(10-11)12-5-3-4-8-18-12/h9-10,12H,2-5,8H2,1H3/t12-/m0/s1. The summed E-state index contributed by atoms with van der Waals surface area (Å²) in [6.45, 7) is 2.86. The Morgan fingerprint density at radius 2 is 2.56 bits per heavy atom. The fourth-order valence-corrected chi connectivity index (χ4v) is 1.78. The van der Waals surface area contributed by atoms with Gasteiger partial charge in [0.1, 0.15) is 6.23 Å². The number of hydrogen-bond donors (Lipinski definition) is 0. The van der Waals surface area contributed by atoms with Crippen LogP contribution >= 0.6 is 0 Å². The molecule has 1 saturated heterocycles. The monoisotopic (exact) mass is 248 g/mol. The lowest BCUT2D eigenvalue weighted by Gasteiger charge is -2.22. The summed E-state index contributed by atoms with van der Waals surface area (Å²) in [5.41, 5.74) is 0.692. The molecule has 2 rings (SSSR count). The second kappa shape index (κ2) is 6.22. The van der Waals surface area contributed by atoms with Crippen molar-refractivity contribution >= 4 is 5.97 Å². The van der Waals surface area contributed by atoms with Gasteiger partial charge in [-0.2, -0.15) is 5.10 Å². The van der Waals surface area contributed by atoms with Gasteiger partial charge < -0.3 is 9.47 Å². The van der Waals surface area contributed by atoms with Gasteiger partial charge in [-0.3, -0.25) is 0 Å². The molecule has 1 aliphatic heterocycles. The van der Waals surface area contributed by atoms with Crippen LogP contribution in [-0.4, -0.2) is 29.0 Å². The first-order valence-electron chi connectivity index (χ1n) is 6.14. The third kappa shape index (κ3) is 3.34. The summed E-state index contributed by atoms with van der Waals surface area (Å²) < 4.78 is 12.1. The number of aromatic nitrogens is 2. The number of carbonyl (C=O) groups is 1. The lowest BCUT2D eigenvalue weighted by atomic mass is 10.2. The van der Waals surface area contributed by atoms with E-state index in [-0.39, 0.29) is 6.23 Å². The predicted octanol–water partition coefficient (Wildman–Crippen LogP) is 1.50. The van der Waals surface area contributed by atoms with Crippen LogP contribution in [0.4, 0.5) is 0 Å². The Labute approximate surface area is 106 Å². The first-order valence-corrected chi connectivity index (χ1v) is 6.14. The summed E-state index contributed by atoms with van der Waals surface area (Å²) in [6, 6.07) is 0. The van der Waals surface area contributed by atoms with Gasteiger partial charge in [0.05, 0.1) is 18.4 Å². The summed E-state index contributed by atoms with van der Waals surface area (Å²) in [5.74, 6) is 4.62. The van der Waals surface area contributed by atoms with Crippen LogP contribution in [0.2, 0.25) is 0 Å². The molecule has 0 unspecified atom stereocenters. The van der Waals surface area contributed by atoms with Crippen molar-refractivity contribution in [3.63, 3.8) is 0 Å². The number of esters is 1. The molecule has 0 aliphatic carbocycles. The SMILES string of the molecule is CCOC(=O)C#Cc1cnn([C@@H]2CCCCO2)c1. The van der Waals surface area contributed by atoms with Gasteiger partial charge in [0.25, 0.3) is 0 Å². The highest BCUT2D eigenvalue weighted by Crippen LogP contribution is 2.21. The summed E-state index contributed by atoms with van der Waals surface area (Å²) >= 11 is 0. The van der Waals surface area contributed by atoms with Gasteiger partial charge in [-0.1, -0.05) is 5.92 Å². The molecule has 1 fully saturated rings. The molecule has 0 bridgehead atoms. The van der Waals surface area contributed by atoms with Crippen molar-refractivity contribution < 1.29 is 14.3 Å². The van der Waals surface area contributed by atoms with Crippen molar-refractivity contribution in [2.45, 2.75) is 32.4 Å². The zero-order valence-electron chi connectivity index (χ0n) is 10.4. The largest absolute Gasteiger partial charge is 0.456 e. The molecule has 0 aromatic carbocycles. The van der Waals surface area contributed by atoms with Crippen LogP contribution in [0.5, 0.6) is 0 Å². The molecular formula is C13H16N2O3. The van der Waals surface area contributed by atoms with Crippen LogP contribution in [0.3, 0.4) is 0 Å². The zero-order valence-corrected chi connectivity index (χ0v) is 10.4. The molecule has 0 N–H and O–H groups in total. The van der Waals surface area contributed by atoms with Gasteiger partial charge in [-0.05, 0) is 26.2 Å². The molecule has 1 aliphatic rings. The van der Waals surface area contributed by atoms with Crippen LogP contribution in [0.15, 0.2) is 12.4 Å². The molecule has 0 spiro atoms. The average Bonchev–Trinajstić information content (AvgIpc) is 2.87. The Balaban J connectivity index is 1.99. The van der Waals surface area contributed by atoms with Crippen LogP contribution in [0.25, 0.3) is 0 Å². The van der Waals surface area contributed by atoms with E-state index in [9.17, 15) is 4.79 Å². The minimum atomic E-state index is -0.515. The maximum Gasteiger partial charge on any atom is 0.384 e. The normalized spacial score (nSPS) is 18.8. The molecule has 1 atom stereocenters. The van der Waals surface area contributed by atoms with E-state index < -0.39 is 5.97 Å². The third-order valence-electron chi connectivity index (χ3n) is 2.64. The van der Waals surface area contributed by atoms with Crippen LogP contribution in [-0.2, 0) is 14.3 Å². The topological polar surface area (TPSA) is 53.3 Å². The Bertz CT molecular complexity index is 464. The highest BCUT2D eigenvalue weighted by atomic mass is 16.5. The highest BCUT2D eigenvalue weighted by Gasteiger charge is 2.15. The molecule has 5 nitrogen and oxygen atoms in total. The quantitative estimate of drug-likeness (QED) is 0.588. The molecular weight excluding hydrogens is 232 g/mol. The molecule has 0 saturated carbocycles. The van der Waals surface area contributed by atoms with E-state index in [0.717, 1.165) is 25.9 Å². The molecule has 18 heavy (non-hydrogen) atoms. The van der Waals surface area contributed by atoms with Gasteiger partial charge in [-0.15, -0.1) is 0 Å². The van der Waals surface area contributed by atoms with Crippen molar-refractivity contribution in [3.05, 3.63) is 18.0 Å². The van der Waals surface area contributed by atoms with E-state index in [2.05, 4.69) is 16.9 Å². The number of nitrogens with zero attached hydrogens (tertiary/aromatic N) is 2. The van der Waals surface area contributed by atoms with Crippen molar-refractivity contribution in [3.8, 4) is 11.8 Å². The number of rotatable bonds is 2. The predicted molar refractivity (Wildman–Crippen MR) is 64.6 cm³/mol. The third-order valence-corrected chi connectivity index (χ3v) is 2.64. The second-order valence-corrected chi connectivity index (χ2v) is 4.00. The summed E-state index contributed by atoms with van der Waals surface area (Å²) in [7, 11) is 0. The number of ether oxygens (including phenoxy) is 2. The van der Waals surface area contributed by atoms with Gasteiger partial charge in [0.2, 0.25) is 0 Å². The first kappa shape index (κ1) is 12.7. The Kier molecular flexibility index (Phi) is 4.37. The molecule has 5 heteroatoms.